The van der Waals surface area contributed by atoms with Crippen LogP contribution in [0.4, 0.5) is 5.69 Å². The van der Waals surface area contributed by atoms with Gasteiger partial charge in [0.2, 0.25) is 11.2 Å². The maximum atomic E-state index is 11.9. The van der Waals surface area contributed by atoms with E-state index in [1.165, 1.54) is 0 Å². The molecular weight excluding hydrogens is 444 g/mol. The Labute approximate surface area is 191 Å². The van der Waals surface area contributed by atoms with Gasteiger partial charge in [-0.2, -0.15) is 0 Å². The summed E-state index contributed by atoms with van der Waals surface area (Å²) in [6.45, 7) is -0.0125. The summed E-state index contributed by atoms with van der Waals surface area (Å²) in [5.41, 5.74) is 2.07. The molecule has 0 aliphatic carbocycles. The normalized spacial score (nSPS) is 10.7. The number of carbonyl (C=O) groups is 1. The van der Waals surface area contributed by atoms with Crippen molar-refractivity contribution in [3.05, 3.63) is 93.0 Å². The number of anilines is 1. The van der Waals surface area contributed by atoms with Crippen molar-refractivity contribution >= 4 is 21.4 Å². The number of rotatable bonds is 6. The molecule has 0 atom stereocenters. The first kappa shape index (κ1) is 23.6. The second kappa shape index (κ2) is 10.1. The van der Waals surface area contributed by atoms with Gasteiger partial charge in [-0.25, -0.2) is 8.42 Å². The van der Waals surface area contributed by atoms with Crippen LogP contribution in [0.2, 0.25) is 0 Å². The van der Waals surface area contributed by atoms with Crippen LogP contribution < -0.4 is 16.1 Å². The first-order valence-corrected chi connectivity index (χ1v) is 11.9. The maximum absolute atomic E-state index is 11.9. The zero-order chi connectivity index (χ0) is 24.0. The lowest BCUT2D eigenvalue weighted by Gasteiger charge is -2.09. The van der Waals surface area contributed by atoms with E-state index in [0.717, 1.165) is 23.4 Å². The summed E-state index contributed by atoms with van der Waals surface area (Å²) in [6, 6.07) is 15.1. The summed E-state index contributed by atoms with van der Waals surface area (Å²) < 4.78 is 28.3. The topological polar surface area (TPSA) is 126 Å². The van der Waals surface area contributed by atoms with Gasteiger partial charge < -0.3 is 20.2 Å². The molecule has 0 bridgehead atoms. The van der Waals surface area contributed by atoms with Crippen molar-refractivity contribution in [3.63, 3.8) is 0 Å². The van der Waals surface area contributed by atoms with E-state index in [-0.39, 0.29) is 24.0 Å². The minimum atomic E-state index is -3.39. The molecule has 0 fully saturated rings. The summed E-state index contributed by atoms with van der Waals surface area (Å²) in [5.74, 6) is 4.82. The molecule has 2 aromatic carbocycles. The van der Waals surface area contributed by atoms with Crippen LogP contribution in [0.3, 0.4) is 0 Å². The monoisotopic (exact) mass is 466 g/mol. The summed E-state index contributed by atoms with van der Waals surface area (Å²) in [5, 5.41) is 15.5. The average molecular weight is 467 g/mol. The molecule has 3 N–H and O–H groups in total. The second-order valence-electron chi connectivity index (χ2n) is 7.26. The van der Waals surface area contributed by atoms with Crippen molar-refractivity contribution in [2.24, 2.45) is 0 Å². The number of hydrogen-bond donors (Lipinski definition) is 3. The third kappa shape index (κ3) is 6.72. The van der Waals surface area contributed by atoms with E-state index in [2.05, 4.69) is 22.5 Å². The van der Waals surface area contributed by atoms with Crippen LogP contribution in [0.25, 0.3) is 0 Å². The van der Waals surface area contributed by atoms with Gasteiger partial charge in [0.05, 0.1) is 6.54 Å². The van der Waals surface area contributed by atoms with Gasteiger partial charge >= 0.3 is 0 Å². The Kier molecular flexibility index (Phi) is 7.20. The van der Waals surface area contributed by atoms with Crippen LogP contribution in [-0.4, -0.2) is 32.7 Å². The highest BCUT2D eigenvalue weighted by Gasteiger charge is 2.14. The SMILES string of the molecule is CNC(=O)c1ccc(C#Cc2ccc(NCc3oc(CS(C)(=O)=O)cc(=O)c3O)cc2)cc1. The van der Waals surface area contributed by atoms with Gasteiger partial charge in [-0.3, -0.25) is 9.59 Å². The minimum absolute atomic E-state index is 0.0125. The van der Waals surface area contributed by atoms with Crippen LogP contribution in [0.5, 0.6) is 5.75 Å². The lowest BCUT2D eigenvalue weighted by Crippen LogP contribution is -2.17. The number of benzene rings is 2. The van der Waals surface area contributed by atoms with Gasteiger partial charge in [-0.1, -0.05) is 11.8 Å². The second-order valence-corrected chi connectivity index (χ2v) is 9.40. The molecule has 8 nitrogen and oxygen atoms in total. The molecule has 0 unspecified atom stereocenters. The molecule has 0 saturated carbocycles. The molecule has 1 amide bonds. The number of amides is 1. The summed E-state index contributed by atoms with van der Waals surface area (Å²) in [7, 11) is -1.82. The smallest absolute Gasteiger partial charge is 0.251 e. The van der Waals surface area contributed by atoms with Gasteiger partial charge in [0.1, 0.15) is 11.5 Å². The third-order valence-corrected chi connectivity index (χ3v) is 5.32. The molecule has 170 valence electrons. The highest BCUT2D eigenvalue weighted by atomic mass is 32.2. The van der Waals surface area contributed by atoms with Crippen LogP contribution in [0.15, 0.2) is 63.8 Å². The molecule has 33 heavy (non-hydrogen) atoms. The van der Waals surface area contributed by atoms with Crippen molar-refractivity contribution in [3.8, 4) is 17.6 Å². The number of hydrogen-bond acceptors (Lipinski definition) is 7. The number of nitrogens with one attached hydrogen (secondary N) is 2. The number of sulfone groups is 1. The summed E-state index contributed by atoms with van der Waals surface area (Å²) >= 11 is 0. The van der Waals surface area contributed by atoms with Gasteiger partial charge in [0, 0.05) is 41.7 Å². The number of carbonyl (C=O) groups excluding carboxylic acids is 1. The summed E-state index contributed by atoms with van der Waals surface area (Å²) in [6.07, 6.45) is 1.03. The van der Waals surface area contributed by atoms with Crippen LogP contribution in [0, 0.1) is 11.8 Å². The third-order valence-electron chi connectivity index (χ3n) is 4.51. The minimum Gasteiger partial charge on any atom is -0.502 e. The lowest BCUT2D eigenvalue weighted by molar-refractivity contribution is 0.0963. The Morgan fingerprint density at radius 3 is 2.15 bits per heavy atom. The van der Waals surface area contributed by atoms with Crippen molar-refractivity contribution in [2.45, 2.75) is 12.3 Å². The van der Waals surface area contributed by atoms with Crippen LogP contribution >= 0.6 is 0 Å². The quantitative estimate of drug-likeness (QED) is 0.476. The fraction of sp³-hybridized carbons (Fsp3) is 0.167. The van der Waals surface area contributed by atoms with E-state index in [9.17, 15) is 23.1 Å². The largest absolute Gasteiger partial charge is 0.502 e. The Morgan fingerprint density at radius 2 is 1.61 bits per heavy atom. The van der Waals surface area contributed by atoms with Gasteiger partial charge in [0.15, 0.2) is 15.6 Å². The molecule has 1 heterocycles. The molecule has 0 aliphatic heterocycles. The molecule has 1 aromatic heterocycles. The fourth-order valence-corrected chi connectivity index (χ4v) is 3.54. The Balaban J connectivity index is 1.67. The Bertz CT molecular complexity index is 1380. The predicted molar refractivity (Wildman–Crippen MR) is 125 cm³/mol. The molecule has 0 saturated heterocycles. The molecule has 3 aromatic rings. The molecular formula is C24H22N2O6S. The average Bonchev–Trinajstić information content (AvgIpc) is 2.78. The van der Waals surface area contributed by atoms with E-state index in [4.69, 9.17) is 4.42 Å². The standard InChI is InChI=1S/C24H22N2O6S/c1-25-24(29)18-9-5-16(6-10-18)3-4-17-7-11-19(12-8-17)26-14-22-23(28)21(27)13-20(32-22)15-33(2,30)31/h5-13,26,28H,14-15H2,1-2H3,(H,25,29). The first-order chi connectivity index (χ1) is 15.6. The van der Waals surface area contributed by atoms with Crippen LogP contribution in [-0.2, 0) is 22.1 Å². The molecule has 9 heteroatoms. The van der Waals surface area contributed by atoms with E-state index in [1.54, 1.807) is 55.6 Å². The zero-order valence-corrected chi connectivity index (χ0v) is 18.8. The van der Waals surface area contributed by atoms with Gasteiger partial charge in [0.25, 0.3) is 5.91 Å². The van der Waals surface area contributed by atoms with E-state index >= 15 is 0 Å². The van der Waals surface area contributed by atoms with E-state index < -0.39 is 26.8 Å². The highest BCUT2D eigenvalue weighted by Crippen LogP contribution is 2.18. The van der Waals surface area contributed by atoms with Crippen molar-refractivity contribution < 1.29 is 22.7 Å². The zero-order valence-electron chi connectivity index (χ0n) is 18.0. The molecule has 0 aliphatic rings. The highest BCUT2D eigenvalue weighted by molar-refractivity contribution is 7.89. The lowest BCUT2D eigenvalue weighted by atomic mass is 10.1. The van der Waals surface area contributed by atoms with Crippen molar-refractivity contribution in [1.82, 2.24) is 5.32 Å². The molecule has 0 radical (unpaired) electrons. The molecule has 0 spiro atoms. The molecule has 3 rings (SSSR count). The van der Waals surface area contributed by atoms with Gasteiger partial charge in [-0.15, -0.1) is 0 Å². The van der Waals surface area contributed by atoms with E-state index in [0.29, 0.717) is 11.3 Å². The Morgan fingerprint density at radius 1 is 1.03 bits per heavy atom. The summed E-state index contributed by atoms with van der Waals surface area (Å²) in [4.78, 5) is 23.5. The van der Waals surface area contributed by atoms with Crippen molar-refractivity contribution in [2.75, 3.05) is 18.6 Å². The maximum Gasteiger partial charge on any atom is 0.251 e. The van der Waals surface area contributed by atoms with Crippen LogP contribution in [0.1, 0.15) is 33.0 Å². The van der Waals surface area contributed by atoms with E-state index in [1.807, 2.05) is 0 Å². The first-order valence-electron chi connectivity index (χ1n) is 9.85. The number of aromatic hydroxyl groups is 1. The Hall–Kier alpha value is -4.03. The predicted octanol–water partition coefficient (Wildman–Crippen LogP) is 2.26. The fourth-order valence-electron chi connectivity index (χ4n) is 2.88. The van der Waals surface area contributed by atoms with Gasteiger partial charge in [-0.05, 0) is 48.5 Å². The van der Waals surface area contributed by atoms with Crippen molar-refractivity contribution in [1.29, 1.82) is 0 Å².